The summed E-state index contributed by atoms with van der Waals surface area (Å²) in [5.41, 5.74) is 1.97. The first-order valence-corrected chi connectivity index (χ1v) is 9.31. The Hall–Kier alpha value is -2.85. The van der Waals surface area contributed by atoms with E-state index in [-0.39, 0.29) is 18.4 Å². The highest BCUT2D eigenvalue weighted by molar-refractivity contribution is 7.16. The Bertz CT molecular complexity index is 988. The Kier molecular flexibility index (Phi) is 3.52. The Morgan fingerprint density at radius 3 is 2.85 bits per heavy atom. The molecule has 140 valence electrons. The Balaban J connectivity index is 1.56. The summed E-state index contributed by atoms with van der Waals surface area (Å²) < 4.78 is 10.6. The second-order valence-corrected chi connectivity index (χ2v) is 7.87. The first-order valence-electron chi connectivity index (χ1n) is 8.49. The number of nitrogens with zero attached hydrogens (tertiary/aromatic N) is 2. The molecular weight excluding hydrogens is 372 g/mol. The highest BCUT2D eigenvalue weighted by Crippen LogP contribution is 2.44. The predicted molar refractivity (Wildman–Crippen MR) is 97.4 cm³/mol. The molecule has 0 bridgehead atoms. The summed E-state index contributed by atoms with van der Waals surface area (Å²) in [5.74, 6) is 0.565. The van der Waals surface area contributed by atoms with Gasteiger partial charge in [0, 0.05) is 18.0 Å². The van der Waals surface area contributed by atoms with Crippen LogP contribution in [-0.2, 0) is 13.0 Å². The number of nitrogens with one attached hydrogen (secondary N) is 2. The van der Waals surface area contributed by atoms with Gasteiger partial charge in [0.05, 0.1) is 22.1 Å². The van der Waals surface area contributed by atoms with Crippen molar-refractivity contribution in [2.24, 2.45) is 0 Å². The second kappa shape index (κ2) is 5.83. The summed E-state index contributed by atoms with van der Waals surface area (Å²) >= 11 is 1.54. The Morgan fingerprint density at radius 1 is 1.30 bits per heavy atom. The van der Waals surface area contributed by atoms with Crippen molar-refractivity contribution in [3.63, 3.8) is 0 Å². The van der Waals surface area contributed by atoms with E-state index in [1.54, 1.807) is 17.4 Å². The van der Waals surface area contributed by atoms with Crippen molar-refractivity contribution in [1.82, 2.24) is 10.2 Å². The molecule has 0 radical (unpaired) electrons. The van der Waals surface area contributed by atoms with Crippen LogP contribution in [-0.4, -0.2) is 36.1 Å². The third-order valence-corrected chi connectivity index (χ3v) is 6.20. The lowest BCUT2D eigenvalue weighted by molar-refractivity contribution is -0.385. The minimum Gasteiger partial charge on any atom is -0.454 e. The molecule has 0 spiro atoms. The van der Waals surface area contributed by atoms with Crippen molar-refractivity contribution < 1.29 is 19.2 Å². The zero-order valence-electron chi connectivity index (χ0n) is 14.4. The van der Waals surface area contributed by atoms with Crippen LogP contribution in [0.3, 0.4) is 0 Å². The zero-order valence-corrected chi connectivity index (χ0v) is 15.2. The van der Waals surface area contributed by atoms with Crippen LogP contribution in [0.1, 0.15) is 32.5 Å². The second-order valence-electron chi connectivity index (χ2n) is 6.77. The molecule has 9 nitrogen and oxygen atoms in total. The number of ether oxygens (including phenoxy) is 2. The maximum atomic E-state index is 12.8. The number of anilines is 1. The Labute approximate surface area is 158 Å². The van der Waals surface area contributed by atoms with Crippen LogP contribution >= 0.6 is 11.3 Å². The van der Waals surface area contributed by atoms with Crippen molar-refractivity contribution in [1.29, 1.82) is 0 Å². The number of rotatable bonds is 2. The monoisotopic (exact) mass is 388 g/mol. The van der Waals surface area contributed by atoms with Crippen LogP contribution in [0.15, 0.2) is 12.1 Å². The fourth-order valence-electron chi connectivity index (χ4n) is 3.74. The van der Waals surface area contributed by atoms with Crippen molar-refractivity contribution in [2.45, 2.75) is 19.1 Å². The van der Waals surface area contributed by atoms with E-state index in [0.29, 0.717) is 22.6 Å². The molecule has 0 aliphatic carbocycles. The minimum absolute atomic E-state index is 0.0235. The van der Waals surface area contributed by atoms with Crippen LogP contribution in [0.5, 0.6) is 11.5 Å². The molecule has 1 atom stereocenters. The molecule has 27 heavy (non-hydrogen) atoms. The molecule has 4 heterocycles. The molecule has 10 heteroatoms. The van der Waals surface area contributed by atoms with Gasteiger partial charge in [0.25, 0.3) is 11.6 Å². The fraction of sp³-hybridized carbons (Fsp3) is 0.353. The van der Waals surface area contributed by atoms with Gasteiger partial charge in [-0.2, -0.15) is 0 Å². The Morgan fingerprint density at radius 2 is 2.07 bits per heavy atom. The number of nitro groups is 1. The number of fused-ring (bicyclic) bond motifs is 4. The molecule has 1 aromatic heterocycles. The number of carbonyl (C=O) groups is 1. The summed E-state index contributed by atoms with van der Waals surface area (Å²) in [5, 5.41) is 18.4. The standard InChI is InChI=1S/C17H16N4O5S/c1-20-3-2-8-13(6-20)27-17-14(8)16(22)18-15(19-17)9-4-11-12(26-7-25-11)5-10(9)21(23)24/h4-5,15,19H,2-3,6-7H2,1H3,(H,18,22)/t15-/m0/s1. The van der Waals surface area contributed by atoms with Gasteiger partial charge in [-0.3, -0.25) is 14.9 Å². The van der Waals surface area contributed by atoms with Crippen LogP contribution in [0.4, 0.5) is 10.7 Å². The van der Waals surface area contributed by atoms with Gasteiger partial charge in [-0.05, 0) is 25.1 Å². The van der Waals surface area contributed by atoms with Crippen molar-refractivity contribution in [2.75, 3.05) is 25.7 Å². The van der Waals surface area contributed by atoms with Gasteiger partial charge in [0.15, 0.2) is 11.5 Å². The van der Waals surface area contributed by atoms with Crippen molar-refractivity contribution >= 4 is 27.9 Å². The summed E-state index contributed by atoms with van der Waals surface area (Å²) in [7, 11) is 2.05. The number of amides is 1. The minimum atomic E-state index is -0.710. The fourth-order valence-corrected chi connectivity index (χ4v) is 5.09. The summed E-state index contributed by atoms with van der Waals surface area (Å²) in [6.45, 7) is 1.73. The average molecular weight is 388 g/mol. The molecule has 1 amide bonds. The number of hydrogen-bond acceptors (Lipinski definition) is 8. The number of benzene rings is 1. The molecule has 0 saturated heterocycles. The lowest BCUT2D eigenvalue weighted by Gasteiger charge is -2.27. The summed E-state index contributed by atoms with van der Waals surface area (Å²) in [4.78, 5) is 27.3. The van der Waals surface area contributed by atoms with E-state index in [2.05, 4.69) is 15.5 Å². The zero-order chi connectivity index (χ0) is 18.7. The van der Waals surface area contributed by atoms with Gasteiger partial charge >= 0.3 is 0 Å². The van der Waals surface area contributed by atoms with Crippen LogP contribution < -0.4 is 20.1 Å². The van der Waals surface area contributed by atoms with E-state index in [9.17, 15) is 14.9 Å². The third kappa shape index (κ3) is 2.52. The van der Waals surface area contributed by atoms with Crippen LogP contribution in [0.25, 0.3) is 0 Å². The van der Waals surface area contributed by atoms with Gasteiger partial charge in [-0.1, -0.05) is 0 Å². The van der Waals surface area contributed by atoms with Crippen LogP contribution in [0.2, 0.25) is 0 Å². The molecule has 3 aliphatic rings. The van der Waals surface area contributed by atoms with E-state index >= 15 is 0 Å². The van der Waals surface area contributed by atoms with E-state index in [1.165, 1.54) is 6.07 Å². The largest absolute Gasteiger partial charge is 0.454 e. The summed E-state index contributed by atoms with van der Waals surface area (Å²) in [6.07, 6.45) is 0.111. The number of hydrogen-bond donors (Lipinski definition) is 2. The van der Waals surface area contributed by atoms with Gasteiger partial charge in [-0.15, -0.1) is 11.3 Å². The number of likely N-dealkylation sites (N-methyl/N-ethyl adjacent to an activating group) is 1. The van der Waals surface area contributed by atoms with Gasteiger partial charge in [-0.25, -0.2) is 0 Å². The van der Waals surface area contributed by atoms with E-state index in [4.69, 9.17) is 9.47 Å². The van der Waals surface area contributed by atoms with E-state index < -0.39 is 11.1 Å². The molecule has 1 aromatic carbocycles. The molecule has 3 aliphatic heterocycles. The normalized spacial score (nSPS) is 20.5. The molecule has 5 rings (SSSR count). The third-order valence-electron chi connectivity index (χ3n) is 5.06. The van der Waals surface area contributed by atoms with E-state index in [0.717, 1.165) is 35.0 Å². The van der Waals surface area contributed by atoms with Gasteiger partial charge < -0.3 is 25.0 Å². The average Bonchev–Trinajstić information content (AvgIpc) is 3.23. The topological polar surface area (TPSA) is 106 Å². The molecular formula is C17H16N4O5S. The molecule has 0 saturated carbocycles. The van der Waals surface area contributed by atoms with Crippen molar-refractivity contribution in [3.05, 3.63) is 43.8 Å². The maximum absolute atomic E-state index is 12.8. The number of nitro benzene ring substituents is 1. The smallest absolute Gasteiger partial charge is 0.280 e. The predicted octanol–water partition coefficient (Wildman–Crippen LogP) is 2.23. The highest BCUT2D eigenvalue weighted by atomic mass is 32.1. The number of thiophene rings is 1. The van der Waals surface area contributed by atoms with Gasteiger partial charge in [0.1, 0.15) is 11.2 Å². The van der Waals surface area contributed by atoms with E-state index in [1.807, 2.05) is 7.05 Å². The lowest BCUT2D eigenvalue weighted by Crippen LogP contribution is -2.39. The molecule has 0 unspecified atom stereocenters. The SMILES string of the molecule is CN1CCc2c(sc3c2C(=O)N[C@H](c2cc4c(cc2[N+](=O)[O-])OCO4)N3)C1. The molecule has 0 fully saturated rings. The van der Waals surface area contributed by atoms with Crippen molar-refractivity contribution in [3.8, 4) is 11.5 Å². The van der Waals surface area contributed by atoms with Crippen LogP contribution in [0, 0.1) is 10.1 Å². The first-order chi connectivity index (χ1) is 13.0. The maximum Gasteiger partial charge on any atom is 0.280 e. The quantitative estimate of drug-likeness (QED) is 0.600. The molecule has 2 N–H and O–H groups in total. The molecule has 2 aromatic rings. The first kappa shape index (κ1) is 16.3. The summed E-state index contributed by atoms with van der Waals surface area (Å²) in [6, 6.07) is 2.90. The lowest BCUT2D eigenvalue weighted by atomic mass is 10.00. The van der Waals surface area contributed by atoms with Gasteiger partial charge in [0.2, 0.25) is 6.79 Å². The number of carbonyl (C=O) groups excluding carboxylic acids is 1. The highest BCUT2D eigenvalue weighted by Gasteiger charge is 2.36.